The van der Waals surface area contributed by atoms with E-state index in [0.717, 1.165) is 36.7 Å². The Labute approximate surface area is 180 Å². The molecule has 4 aromatic rings. The van der Waals surface area contributed by atoms with E-state index in [1.165, 1.54) is 11.9 Å². The van der Waals surface area contributed by atoms with Crippen molar-refractivity contribution in [1.29, 1.82) is 0 Å². The van der Waals surface area contributed by atoms with Gasteiger partial charge in [-0.15, -0.1) is 5.10 Å². The summed E-state index contributed by atoms with van der Waals surface area (Å²) in [6, 6.07) is 20.7. The van der Waals surface area contributed by atoms with Crippen molar-refractivity contribution in [2.45, 2.75) is 4.90 Å². The topological polar surface area (TPSA) is 91.6 Å². The Morgan fingerprint density at radius 1 is 1.00 bits per heavy atom. The summed E-state index contributed by atoms with van der Waals surface area (Å²) in [5.41, 5.74) is 4.48. The van der Waals surface area contributed by atoms with Crippen molar-refractivity contribution >= 4 is 32.8 Å². The number of rotatable bonds is 5. The molecule has 1 saturated heterocycles. The predicted octanol–water partition coefficient (Wildman–Crippen LogP) is 2.91. The van der Waals surface area contributed by atoms with Gasteiger partial charge < -0.3 is 10.2 Å². The molecule has 1 aliphatic rings. The van der Waals surface area contributed by atoms with E-state index in [2.05, 4.69) is 37.7 Å². The highest BCUT2D eigenvalue weighted by Crippen LogP contribution is 2.24. The lowest BCUT2D eigenvalue weighted by atomic mass is 10.1. The standard InChI is InChI=1S/C22H22N6O2S/c1-31(29,30)19-11-5-16(6-12-19)20-3-2-4-21-25-22(26-28(20)21)24-17-7-9-18(10-8-17)27-14-13-23-15-27/h2-12,23H,13-15H2,1H3,(H,24,26). The molecule has 0 radical (unpaired) electrons. The number of anilines is 3. The molecule has 2 aromatic heterocycles. The van der Waals surface area contributed by atoms with Crippen molar-refractivity contribution in [2.75, 3.05) is 36.2 Å². The average molecular weight is 435 g/mol. The van der Waals surface area contributed by atoms with E-state index in [1.54, 1.807) is 28.8 Å². The summed E-state index contributed by atoms with van der Waals surface area (Å²) in [5.74, 6) is 0.496. The van der Waals surface area contributed by atoms with Gasteiger partial charge in [0.15, 0.2) is 15.5 Å². The minimum absolute atomic E-state index is 0.289. The molecule has 2 N–H and O–H groups in total. The first-order valence-corrected chi connectivity index (χ1v) is 11.9. The lowest BCUT2D eigenvalue weighted by Gasteiger charge is -2.16. The van der Waals surface area contributed by atoms with Crippen LogP contribution in [-0.4, -0.2) is 49.0 Å². The number of sulfone groups is 1. The smallest absolute Gasteiger partial charge is 0.247 e. The van der Waals surface area contributed by atoms with Crippen molar-refractivity contribution in [3.63, 3.8) is 0 Å². The fourth-order valence-electron chi connectivity index (χ4n) is 3.66. The minimum Gasteiger partial charge on any atom is -0.357 e. The normalized spacial score (nSPS) is 14.3. The third kappa shape index (κ3) is 3.97. The number of hydrogen-bond acceptors (Lipinski definition) is 7. The molecule has 9 heteroatoms. The Hall–Kier alpha value is -3.43. The Morgan fingerprint density at radius 2 is 1.77 bits per heavy atom. The monoisotopic (exact) mass is 434 g/mol. The van der Waals surface area contributed by atoms with Gasteiger partial charge in [0.05, 0.1) is 17.3 Å². The van der Waals surface area contributed by atoms with E-state index in [1.807, 2.05) is 30.3 Å². The Morgan fingerprint density at radius 3 is 2.45 bits per heavy atom. The maximum absolute atomic E-state index is 11.7. The van der Waals surface area contributed by atoms with Crippen molar-refractivity contribution in [2.24, 2.45) is 0 Å². The first kappa shape index (κ1) is 19.5. The molecule has 2 aromatic carbocycles. The van der Waals surface area contributed by atoms with Gasteiger partial charge in [-0.3, -0.25) is 5.32 Å². The summed E-state index contributed by atoms with van der Waals surface area (Å²) in [5, 5.41) is 11.2. The summed E-state index contributed by atoms with van der Waals surface area (Å²) in [7, 11) is -3.23. The Balaban J connectivity index is 1.42. The fraction of sp³-hybridized carbons (Fsp3) is 0.182. The van der Waals surface area contributed by atoms with Gasteiger partial charge in [0.2, 0.25) is 5.95 Å². The van der Waals surface area contributed by atoms with E-state index in [9.17, 15) is 8.42 Å². The molecule has 0 aliphatic carbocycles. The number of fused-ring (bicyclic) bond motifs is 1. The Kier molecular flexibility index (Phi) is 4.84. The number of nitrogens with one attached hydrogen (secondary N) is 2. The summed E-state index contributed by atoms with van der Waals surface area (Å²) in [4.78, 5) is 7.15. The number of benzene rings is 2. The molecule has 5 rings (SSSR count). The molecule has 3 heterocycles. The lowest BCUT2D eigenvalue weighted by Crippen LogP contribution is -2.20. The third-order valence-electron chi connectivity index (χ3n) is 5.29. The molecule has 1 aliphatic heterocycles. The minimum atomic E-state index is -3.23. The number of pyridine rings is 1. The highest BCUT2D eigenvalue weighted by atomic mass is 32.2. The van der Waals surface area contributed by atoms with Crippen LogP contribution >= 0.6 is 0 Å². The molecular formula is C22H22N6O2S. The molecule has 0 saturated carbocycles. The van der Waals surface area contributed by atoms with Crippen LogP contribution in [0, 0.1) is 0 Å². The number of hydrogen-bond donors (Lipinski definition) is 2. The van der Waals surface area contributed by atoms with Gasteiger partial charge in [0.1, 0.15) is 0 Å². The second kappa shape index (κ2) is 7.68. The van der Waals surface area contributed by atoms with Crippen molar-refractivity contribution in [1.82, 2.24) is 19.9 Å². The molecular weight excluding hydrogens is 412 g/mol. The highest BCUT2D eigenvalue weighted by Gasteiger charge is 2.13. The second-order valence-electron chi connectivity index (χ2n) is 7.51. The molecule has 1 fully saturated rings. The molecule has 0 atom stereocenters. The maximum Gasteiger partial charge on any atom is 0.247 e. The first-order valence-electron chi connectivity index (χ1n) is 9.96. The van der Waals surface area contributed by atoms with Crippen LogP contribution in [0.3, 0.4) is 0 Å². The van der Waals surface area contributed by atoms with E-state index >= 15 is 0 Å². The summed E-state index contributed by atoms with van der Waals surface area (Å²) in [6.45, 7) is 2.88. The molecule has 158 valence electrons. The predicted molar refractivity (Wildman–Crippen MR) is 121 cm³/mol. The van der Waals surface area contributed by atoms with Crippen LogP contribution in [0.5, 0.6) is 0 Å². The molecule has 0 bridgehead atoms. The first-order chi connectivity index (χ1) is 15.0. The van der Waals surface area contributed by atoms with Crippen LogP contribution in [-0.2, 0) is 9.84 Å². The summed E-state index contributed by atoms with van der Waals surface area (Å²) >= 11 is 0. The lowest BCUT2D eigenvalue weighted by molar-refractivity contribution is 0.602. The average Bonchev–Trinajstić information content (AvgIpc) is 3.43. The highest BCUT2D eigenvalue weighted by molar-refractivity contribution is 7.90. The van der Waals surface area contributed by atoms with Gasteiger partial charge in [-0.2, -0.15) is 4.98 Å². The largest absolute Gasteiger partial charge is 0.357 e. The second-order valence-corrected chi connectivity index (χ2v) is 9.52. The maximum atomic E-state index is 11.7. The van der Waals surface area contributed by atoms with Gasteiger partial charge in [-0.05, 0) is 48.5 Å². The van der Waals surface area contributed by atoms with Crippen LogP contribution < -0.4 is 15.5 Å². The van der Waals surface area contributed by atoms with Gasteiger partial charge in [-0.25, -0.2) is 12.9 Å². The van der Waals surface area contributed by atoms with Gasteiger partial charge >= 0.3 is 0 Å². The van der Waals surface area contributed by atoms with Crippen molar-refractivity contribution < 1.29 is 8.42 Å². The SMILES string of the molecule is CS(=O)(=O)c1ccc(-c2cccc3nc(Nc4ccc(N5CCNC5)cc4)nn23)cc1. The molecule has 8 nitrogen and oxygen atoms in total. The quantitative estimate of drug-likeness (QED) is 0.499. The molecule has 31 heavy (non-hydrogen) atoms. The number of nitrogens with zero attached hydrogens (tertiary/aromatic N) is 4. The van der Waals surface area contributed by atoms with E-state index < -0.39 is 9.84 Å². The fourth-order valence-corrected chi connectivity index (χ4v) is 4.29. The summed E-state index contributed by atoms with van der Waals surface area (Å²) < 4.78 is 25.2. The van der Waals surface area contributed by atoms with Crippen LogP contribution in [0.2, 0.25) is 0 Å². The van der Waals surface area contributed by atoms with Gasteiger partial charge in [-0.1, -0.05) is 18.2 Å². The third-order valence-corrected chi connectivity index (χ3v) is 6.42. The van der Waals surface area contributed by atoms with Crippen molar-refractivity contribution in [3.8, 4) is 11.3 Å². The number of aromatic nitrogens is 3. The molecule has 0 spiro atoms. The van der Waals surface area contributed by atoms with E-state index in [0.29, 0.717) is 11.6 Å². The van der Waals surface area contributed by atoms with Gasteiger partial charge in [0.25, 0.3) is 0 Å². The van der Waals surface area contributed by atoms with Crippen LogP contribution in [0.1, 0.15) is 0 Å². The van der Waals surface area contributed by atoms with E-state index in [4.69, 9.17) is 0 Å². The van der Waals surface area contributed by atoms with E-state index in [-0.39, 0.29) is 4.90 Å². The van der Waals surface area contributed by atoms with Crippen LogP contribution in [0.25, 0.3) is 16.9 Å². The molecule has 0 unspecified atom stereocenters. The van der Waals surface area contributed by atoms with Crippen LogP contribution in [0.15, 0.2) is 71.6 Å². The summed E-state index contributed by atoms with van der Waals surface area (Å²) in [6.07, 6.45) is 1.20. The Bertz CT molecular complexity index is 1320. The van der Waals surface area contributed by atoms with Crippen LogP contribution in [0.4, 0.5) is 17.3 Å². The molecule has 0 amide bonds. The van der Waals surface area contributed by atoms with Gasteiger partial charge in [0, 0.05) is 36.3 Å². The van der Waals surface area contributed by atoms with Crippen molar-refractivity contribution in [3.05, 3.63) is 66.7 Å². The zero-order valence-electron chi connectivity index (χ0n) is 17.0. The zero-order valence-corrected chi connectivity index (χ0v) is 17.8. The zero-order chi connectivity index (χ0) is 21.4.